The Morgan fingerprint density at radius 3 is 2.70 bits per heavy atom. The highest BCUT2D eigenvalue weighted by Crippen LogP contribution is 2.05. The van der Waals surface area contributed by atoms with Crippen LogP contribution in [0.3, 0.4) is 0 Å². The van der Waals surface area contributed by atoms with Crippen molar-refractivity contribution in [2.24, 2.45) is 11.8 Å². The van der Waals surface area contributed by atoms with E-state index in [-0.39, 0.29) is 0 Å². The molecule has 0 saturated carbocycles. The minimum atomic E-state index is 0.657. The molecule has 0 aliphatic heterocycles. The molecule has 3 nitrogen and oxygen atoms in total. The van der Waals surface area contributed by atoms with Crippen LogP contribution in [0.25, 0.3) is 0 Å². The monoisotopic (exact) mass is 146 g/mol. The summed E-state index contributed by atoms with van der Waals surface area (Å²) in [4.78, 5) is 0. The van der Waals surface area contributed by atoms with Crippen molar-refractivity contribution in [2.45, 2.75) is 19.8 Å². The highest BCUT2D eigenvalue weighted by Gasteiger charge is 2.03. The van der Waals surface area contributed by atoms with E-state index in [1.54, 1.807) is 7.11 Å². The molecule has 3 N–H and O–H groups in total. The number of methoxy groups -OCH3 is 1. The number of hydrazine groups is 1. The zero-order chi connectivity index (χ0) is 7.82. The van der Waals surface area contributed by atoms with Gasteiger partial charge in [-0.05, 0) is 12.3 Å². The van der Waals surface area contributed by atoms with Gasteiger partial charge in [-0.2, -0.15) is 0 Å². The molecule has 0 aromatic rings. The summed E-state index contributed by atoms with van der Waals surface area (Å²) >= 11 is 0. The summed E-state index contributed by atoms with van der Waals surface area (Å²) in [7, 11) is 1.72. The molecule has 10 heavy (non-hydrogen) atoms. The van der Waals surface area contributed by atoms with Gasteiger partial charge in [0, 0.05) is 20.3 Å². The second-order valence-corrected chi connectivity index (χ2v) is 2.46. The van der Waals surface area contributed by atoms with Crippen LogP contribution in [-0.2, 0) is 4.74 Å². The van der Waals surface area contributed by atoms with Crippen LogP contribution in [-0.4, -0.2) is 20.3 Å². The first kappa shape index (κ1) is 9.88. The predicted octanol–water partition coefficient (Wildman–Crippen LogP) is 0.512. The van der Waals surface area contributed by atoms with E-state index in [0.29, 0.717) is 5.92 Å². The lowest BCUT2D eigenvalue weighted by Crippen LogP contribution is -2.29. The van der Waals surface area contributed by atoms with Crippen LogP contribution in [0.15, 0.2) is 0 Å². The van der Waals surface area contributed by atoms with Crippen molar-refractivity contribution in [3.05, 3.63) is 0 Å². The number of ether oxygens (including phenoxy) is 1. The topological polar surface area (TPSA) is 47.3 Å². The smallest absolute Gasteiger partial charge is 0.0465 e. The average Bonchev–Trinajstić information content (AvgIpc) is 1.98. The van der Waals surface area contributed by atoms with Crippen molar-refractivity contribution < 1.29 is 4.74 Å². The quantitative estimate of drug-likeness (QED) is 0.424. The maximum Gasteiger partial charge on any atom is 0.0465 e. The Bertz CT molecular complexity index is 68.6. The van der Waals surface area contributed by atoms with Crippen molar-refractivity contribution in [1.82, 2.24) is 5.43 Å². The van der Waals surface area contributed by atoms with Crippen molar-refractivity contribution in [2.75, 3.05) is 20.3 Å². The highest BCUT2D eigenvalue weighted by atomic mass is 16.5. The maximum absolute atomic E-state index is 5.19. The first-order chi connectivity index (χ1) is 4.85. The van der Waals surface area contributed by atoms with Gasteiger partial charge in [0.15, 0.2) is 0 Å². The van der Waals surface area contributed by atoms with E-state index in [1.807, 2.05) is 0 Å². The molecule has 0 spiro atoms. The Kier molecular flexibility index (Phi) is 6.91. The summed E-state index contributed by atoms with van der Waals surface area (Å²) in [5, 5.41) is 0. The fourth-order valence-corrected chi connectivity index (χ4v) is 0.902. The zero-order valence-corrected chi connectivity index (χ0v) is 6.89. The molecular weight excluding hydrogens is 128 g/mol. The third kappa shape index (κ3) is 4.73. The zero-order valence-electron chi connectivity index (χ0n) is 6.89. The van der Waals surface area contributed by atoms with Crippen LogP contribution in [0.5, 0.6) is 0 Å². The summed E-state index contributed by atoms with van der Waals surface area (Å²) in [5.74, 6) is 5.84. The molecule has 0 bridgehead atoms. The molecule has 0 rings (SSSR count). The van der Waals surface area contributed by atoms with Gasteiger partial charge in [0.25, 0.3) is 0 Å². The van der Waals surface area contributed by atoms with Gasteiger partial charge >= 0.3 is 0 Å². The molecule has 0 aromatic carbocycles. The average molecular weight is 146 g/mol. The van der Waals surface area contributed by atoms with Crippen LogP contribution in [0, 0.1) is 5.92 Å². The molecule has 0 saturated heterocycles. The minimum absolute atomic E-state index is 0.657. The molecule has 1 unspecified atom stereocenters. The van der Waals surface area contributed by atoms with Crippen LogP contribution < -0.4 is 11.3 Å². The highest BCUT2D eigenvalue weighted by molar-refractivity contribution is 4.57. The van der Waals surface area contributed by atoms with E-state index in [2.05, 4.69) is 12.3 Å². The fraction of sp³-hybridized carbons (Fsp3) is 1.00. The lowest BCUT2D eigenvalue weighted by atomic mass is 10.0. The van der Waals surface area contributed by atoms with Gasteiger partial charge in [-0.15, -0.1) is 0 Å². The third-order valence-electron chi connectivity index (χ3n) is 1.71. The number of nitrogens with one attached hydrogen (secondary N) is 1. The maximum atomic E-state index is 5.19. The van der Waals surface area contributed by atoms with Crippen LogP contribution >= 0.6 is 0 Å². The van der Waals surface area contributed by atoms with Gasteiger partial charge in [-0.25, -0.2) is 0 Å². The molecule has 0 aliphatic rings. The van der Waals surface area contributed by atoms with Gasteiger partial charge in [0.1, 0.15) is 0 Å². The summed E-state index contributed by atoms with van der Waals surface area (Å²) in [6, 6.07) is 0. The summed E-state index contributed by atoms with van der Waals surface area (Å²) in [6.07, 6.45) is 2.25. The standard InChI is InChI=1S/C7H18N2O/c1-3-7(6-9-8)4-5-10-2/h7,9H,3-6,8H2,1-2H3. The lowest BCUT2D eigenvalue weighted by molar-refractivity contribution is 0.175. The predicted molar refractivity (Wildman–Crippen MR) is 42.5 cm³/mol. The number of nitrogens with two attached hydrogens (primary N) is 1. The van der Waals surface area contributed by atoms with Gasteiger partial charge in [-0.1, -0.05) is 13.3 Å². The Labute approximate surface area is 62.9 Å². The van der Waals surface area contributed by atoms with Gasteiger partial charge in [0.05, 0.1) is 0 Å². The minimum Gasteiger partial charge on any atom is -0.385 e. The van der Waals surface area contributed by atoms with Gasteiger partial charge < -0.3 is 4.74 Å². The molecule has 0 amide bonds. The molecule has 0 heterocycles. The van der Waals surface area contributed by atoms with Crippen molar-refractivity contribution in [3.63, 3.8) is 0 Å². The van der Waals surface area contributed by atoms with Crippen LogP contribution in [0.4, 0.5) is 0 Å². The van der Waals surface area contributed by atoms with E-state index in [1.165, 1.54) is 0 Å². The third-order valence-corrected chi connectivity index (χ3v) is 1.71. The van der Waals surface area contributed by atoms with E-state index in [9.17, 15) is 0 Å². The Balaban J connectivity index is 3.21. The number of hydrogen-bond donors (Lipinski definition) is 2. The van der Waals surface area contributed by atoms with E-state index in [4.69, 9.17) is 10.6 Å². The van der Waals surface area contributed by atoms with E-state index >= 15 is 0 Å². The molecule has 0 aromatic heterocycles. The number of rotatable bonds is 6. The molecule has 0 fully saturated rings. The summed E-state index contributed by atoms with van der Waals surface area (Å²) in [5.41, 5.74) is 2.67. The Morgan fingerprint density at radius 2 is 2.30 bits per heavy atom. The molecule has 0 aliphatic carbocycles. The molecular formula is C7H18N2O. The largest absolute Gasteiger partial charge is 0.385 e. The van der Waals surface area contributed by atoms with Crippen LogP contribution in [0.2, 0.25) is 0 Å². The Hall–Kier alpha value is -0.120. The van der Waals surface area contributed by atoms with Crippen molar-refractivity contribution in [1.29, 1.82) is 0 Å². The summed E-state index contributed by atoms with van der Waals surface area (Å²) in [6.45, 7) is 3.89. The Morgan fingerprint density at radius 1 is 1.60 bits per heavy atom. The first-order valence-electron chi connectivity index (χ1n) is 3.77. The lowest BCUT2D eigenvalue weighted by Gasteiger charge is -2.12. The van der Waals surface area contributed by atoms with Crippen molar-refractivity contribution in [3.8, 4) is 0 Å². The molecule has 3 heteroatoms. The second kappa shape index (κ2) is 6.99. The molecule has 1 atom stereocenters. The van der Waals surface area contributed by atoms with E-state index < -0.39 is 0 Å². The SMILES string of the molecule is CCC(CCOC)CNN. The normalized spacial score (nSPS) is 13.5. The number of hydrogen-bond acceptors (Lipinski definition) is 3. The molecule has 0 radical (unpaired) electrons. The van der Waals surface area contributed by atoms with Crippen LogP contribution in [0.1, 0.15) is 19.8 Å². The van der Waals surface area contributed by atoms with Crippen molar-refractivity contribution >= 4 is 0 Å². The first-order valence-corrected chi connectivity index (χ1v) is 3.77. The molecule has 62 valence electrons. The van der Waals surface area contributed by atoms with E-state index in [0.717, 1.165) is 26.0 Å². The summed E-state index contributed by atoms with van der Waals surface area (Å²) < 4.78 is 4.95. The van der Waals surface area contributed by atoms with Gasteiger partial charge in [0.2, 0.25) is 0 Å². The van der Waals surface area contributed by atoms with Gasteiger partial charge in [-0.3, -0.25) is 11.3 Å². The fourth-order valence-electron chi connectivity index (χ4n) is 0.902. The second-order valence-electron chi connectivity index (χ2n) is 2.46.